The Morgan fingerprint density at radius 2 is 1.88 bits per heavy atom. The summed E-state index contributed by atoms with van der Waals surface area (Å²) < 4.78 is 0. The first-order valence-corrected chi connectivity index (χ1v) is 5.75. The van der Waals surface area contributed by atoms with E-state index in [0.29, 0.717) is 0 Å². The van der Waals surface area contributed by atoms with E-state index in [0.717, 1.165) is 19.3 Å². The minimum Gasteiger partial charge on any atom is -0.481 e. The van der Waals surface area contributed by atoms with Crippen molar-refractivity contribution in [1.82, 2.24) is 0 Å². The monoisotopic (exact) mass is 220 g/mol. The predicted octanol–water partition coefficient (Wildman–Crippen LogP) is 3.51. The molecule has 1 aromatic carbocycles. The summed E-state index contributed by atoms with van der Waals surface area (Å²) in [7, 11) is 0. The third-order valence-electron chi connectivity index (χ3n) is 2.77. The molecule has 0 saturated heterocycles. The lowest BCUT2D eigenvalue weighted by molar-refractivity contribution is -0.137. The minimum atomic E-state index is -0.699. The van der Waals surface area contributed by atoms with E-state index < -0.39 is 5.97 Å². The van der Waals surface area contributed by atoms with Gasteiger partial charge in [-0.25, -0.2) is 0 Å². The maximum Gasteiger partial charge on any atom is 0.303 e. The van der Waals surface area contributed by atoms with Gasteiger partial charge >= 0.3 is 5.97 Å². The first-order chi connectivity index (χ1) is 7.49. The van der Waals surface area contributed by atoms with Crippen LogP contribution in [-0.4, -0.2) is 11.1 Å². The molecule has 0 heterocycles. The molecule has 2 heteroatoms. The Morgan fingerprint density at radius 3 is 2.44 bits per heavy atom. The molecule has 0 unspecified atom stereocenters. The Hall–Kier alpha value is -1.31. The average Bonchev–Trinajstić information content (AvgIpc) is 2.17. The molecule has 2 nitrogen and oxygen atoms in total. The highest BCUT2D eigenvalue weighted by Gasteiger charge is 2.18. The molecule has 0 bridgehead atoms. The Balaban J connectivity index is 2.42. The van der Waals surface area contributed by atoms with Crippen molar-refractivity contribution in [2.75, 3.05) is 0 Å². The molecular weight excluding hydrogens is 200 g/mol. The van der Waals surface area contributed by atoms with Gasteiger partial charge in [-0.05, 0) is 30.2 Å². The highest BCUT2D eigenvalue weighted by Crippen LogP contribution is 2.27. The van der Waals surface area contributed by atoms with E-state index in [9.17, 15) is 4.79 Å². The summed E-state index contributed by atoms with van der Waals surface area (Å²) in [5, 5.41) is 8.60. The van der Waals surface area contributed by atoms with Crippen molar-refractivity contribution in [3.05, 3.63) is 35.9 Å². The molecule has 0 radical (unpaired) electrons. The van der Waals surface area contributed by atoms with Gasteiger partial charge in [0.2, 0.25) is 0 Å². The van der Waals surface area contributed by atoms with Crippen LogP contribution < -0.4 is 0 Å². The van der Waals surface area contributed by atoms with Crippen LogP contribution in [0, 0.1) is 5.41 Å². The van der Waals surface area contributed by atoms with Crippen LogP contribution in [0.3, 0.4) is 0 Å². The van der Waals surface area contributed by atoms with Crippen molar-refractivity contribution in [2.24, 2.45) is 5.41 Å². The second-order valence-electron chi connectivity index (χ2n) is 5.07. The Morgan fingerprint density at radius 1 is 1.25 bits per heavy atom. The number of hydrogen-bond acceptors (Lipinski definition) is 1. The van der Waals surface area contributed by atoms with E-state index >= 15 is 0 Å². The normalized spacial score (nSPS) is 11.4. The SMILES string of the molecule is CC(C)(CCCC(=O)O)Cc1ccccc1. The second kappa shape index (κ2) is 5.69. The second-order valence-corrected chi connectivity index (χ2v) is 5.07. The van der Waals surface area contributed by atoms with Gasteiger partial charge < -0.3 is 5.11 Å². The van der Waals surface area contributed by atoms with Gasteiger partial charge in [0.15, 0.2) is 0 Å². The number of hydrogen-bond donors (Lipinski definition) is 1. The predicted molar refractivity (Wildman–Crippen MR) is 65.4 cm³/mol. The topological polar surface area (TPSA) is 37.3 Å². The molecule has 1 rings (SSSR count). The summed E-state index contributed by atoms with van der Waals surface area (Å²) in [6.45, 7) is 4.39. The fourth-order valence-corrected chi connectivity index (χ4v) is 1.96. The van der Waals surface area contributed by atoms with Crippen molar-refractivity contribution in [1.29, 1.82) is 0 Å². The molecule has 0 aromatic heterocycles. The summed E-state index contributed by atoms with van der Waals surface area (Å²) in [6.07, 6.45) is 3.00. The lowest BCUT2D eigenvalue weighted by atomic mass is 9.81. The first-order valence-electron chi connectivity index (χ1n) is 5.75. The zero-order valence-electron chi connectivity index (χ0n) is 10.1. The third kappa shape index (κ3) is 4.96. The van der Waals surface area contributed by atoms with Crippen molar-refractivity contribution >= 4 is 5.97 Å². The van der Waals surface area contributed by atoms with Gasteiger partial charge in [-0.1, -0.05) is 44.2 Å². The molecule has 0 aliphatic heterocycles. The number of carboxylic acid groups (broad SMARTS) is 1. The standard InChI is InChI=1S/C14H20O2/c1-14(2,10-6-9-13(15)16)11-12-7-4-3-5-8-12/h3-5,7-8H,6,9-11H2,1-2H3,(H,15,16). The largest absolute Gasteiger partial charge is 0.481 e. The molecule has 0 aliphatic rings. The van der Waals surface area contributed by atoms with Gasteiger partial charge in [-0.2, -0.15) is 0 Å². The van der Waals surface area contributed by atoms with E-state index in [1.807, 2.05) is 18.2 Å². The Labute approximate surface area is 97.3 Å². The van der Waals surface area contributed by atoms with Crippen LogP contribution in [0.15, 0.2) is 30.3 Å². The highest BCUT2D eigenvalue weighted by atomic mass is 16.4. The van der Waals surface area contributed by atoms with Gasteiger partial charge in [0, 0.05) is 6.42 Å². The van der Waals surface area contributed by atoms with Gasteiger partial charge in [-0.3, -0.25) is 4.79 Å². The quantitative estimate of drug-likeness (QED) is 0.796. The van der Waals surface area contributed by atoms with E-state index in [-0.39, 0.29) is 11.8 Å². The minimum absolute atomic E-state index is 0.177. The first kappa shape index (κ1) is 12.8. The van der Waals surface area contributed by atoms with Gasteiger partial charge in [0.1, 0.15) is 0 Å². The number of carboxylic acids is 1. The molecule has 0 aliphatic carbocycles. The van der Waals surface area contributed by atoms with Gasteiger partial charge in [0.05, 0.1) is 0 Å². The summed E-state index contributed by atoms with van der Waals surface area (Å²) in [5.74, 6) is -0.699. The molecule has 0 atom stereocenters. The van der Waals surface area contributed by atoms with Crippen LogP contribution >= 0.6 is 0 Å². The Kier molecular flexibility index (Phi) is 4.53. The van der Waals surface area contributed by atoms with Crippen LogP contribution in [0.25, 0.3) is 0 Å². The molecule has 16 heavy (non-hydrogen) atoms. The molecule has 1 N–H and O–H groups in total. The molecule has 0 amide bonds. The maximum absolute atomic E-state index is 10.4. The number of rotatable bonds is 6. The molecule has 0 spiro atoms. The maximum atomic E-state index is 10.4. The molecule has 88 valence electrons. The van der Waals surface area contributed by atoms with E-state index in [1.165, 1.54) is 5.56 Å². The van der Waals surface area contributed by atoms with Crippen LogP contribution in [0.1, 0.15) is 38.7 Å². The summed E-state index contributed by atoms with van der Waals surface area (Å²) in [5.41, 5.74) is 1.50. The number of aliphatic carboxylic acids is 1. The summed E-state index contributed by atoms with van der Waals surface area (Å²) >= 11 is 0. The van der Waals surface area contributed by atoms with Gasteiger partial charge in [-0.15, -0.1) is 0 Å². The average molecular weight is 220 g/mol. The molecular formula is C14H20O2. The van der Waals surface area contributed by atoms with E-state index in [2.05, 4.69) is 26.0 Å². The molecule has 0 fully saturated rings. The fourth-order valence-electron chi connectivity index (χ4n) is 1.96. The third-order valence-corrected chi connectivity index (χ3v) is 2.77. The van der Waals surface area contributed by atoms with Crippen molar-refractivity contribution < 1.29 is 9.90 Å². The van der Waals surface area contributed by atoms with E-state index in [1.54, 1.807) is 0 Å². The number of benzene rings is 1. The highest BCUT2D eigenvalue weighted by molar-refractivity contribution is 5.66. The lowest BCUT2D eigenvalue weighted by Gasteiger charge is -2.24. The Bertz CT molecular complexity index is 328. The zero-order valence-corrected chi connectivity index (χ0v) is 10.1. The van der Waals surface area contributed by atoms with Crippen molar-refractivity contribution in [3.63, 3.8) is 0 Å². The smallest absolute Gasteiger partial charge is 0.303 e. The molecule has 1 aromatic rings. The zero-order chi connectivity index (χ0) is 12.0. The van der Waals surface area contributed by atoms with E-state index in [4.69, 9.17) is 5.11 Å². The van der Waals surface area contributed by atoms with Crippen LogP contribution in [0.2, 0.25) is 0 Å². The fraction of sp³-hybridized carbons (Fsp3) is 0.500. The van der Waals surface area contributed by atoms with Crippen molar-refractivity contribution in [3.8, 4) is 0 Å². The lowest BCUT2D eigenvalue weighted by Crippen LogP contribution is -2.15. The van der Waals surface area contributed by atoms with Crippen LogP contribution in [-0.2, 0) is 11.2 Å². The van der Waals surface area contributed by atoms with Gasteiger partial charge in [0.25, 0.3) is 0 Å². The number of carbonyl (C=O) groups is 1. The van der Waals surface area contributed by atoms with Crippen LogP contribution in [0.5, 0.6) is 0 Å². The summed E-state index contributed by atoms with van der Waals surface area (Å²) in [6, 6.07) is 10.4. The van der Waals surface area contributed by atoms with Crippen molar-refractivity contribution in [2.45, 2.75) is 39.5 Å². The molecule has 0 saturated carbocycles. The summed E-state index contributed by atoms with van der Waals surface area (Å²) in [4.78, 5) is 10.4. The van der Waals surface area contributed by atoms with Crippen LogP contribution in [0.4, 0.5) is 0 Å².